The fraction of sp³-hybridized carbons (Fsp3) is 0.769. The van der Waals surface area contributed by atoms with Crippen LogP contribution in [0.1, 0.15) is 63.4 Å². The van der Waals surface area contributed by atoms with Crippen molar-refractivity contribution < 1.29 is 0 Å². The first kappa shape index (κ1) is 11.5. The molecule has 0 radical (unpaired) electrons. The molecule has 0 aliphatic heterocycles. The van der Waals surface area contributed by atoms with E-state index < -0.39 is 0 Å². The Kier molecular flexibility index (Phi) is 3.52. The third-order valence-corrected chi connectivity index (χ3v) is 3.64. The maximum Gasteiger partial charge on any atom is 0.126 e. The van der Waals surface area contributed by atoms with Crippen LogP contribution in [0.4, 0.5) is 5.82 Å². The maximum absolute atomic E-state index is 6.17. The molecule has 2 N–H and O–H groups in total. The first-order chi connectivity index (χ1) is 7.77. The summed E-state index contributed by atoms with van der Waals surface area (Å²) in [5.74, 6) is 2.82. The van der Waals surface area contributed by atoms with Gasteiger partial charge in [-0.05, 0) is 26.2 Å². The van der Waals surface area contributed by atoms with Gasteiger partial charge in [0.1, 0.15) is 11.6 Å². The first-order valence-electron chi connectivity index (χ1n) is 6.62. The minimum Gasteiger partial charge on any atom is -0.384 e. The lowest BCUT2D eigenvalue weighted by molar-refractivity contribution is 0.603. The Hall–Kier alpha value is -0.990. The number of rotatable bonds is 4. The lowest BCUT2D eigenvalue weighted by Crippen LogP contribution is -2.08. The third kappa shape index (κ3) is 1.95. The van der Waals surface area contributed by atoms with Crippen LogP contribution in [0.25, 0.3) is 0 Å². The second-order valence-electron chi connectivity index (χ2n) is 4.78. The third-order valence-electron chi connectivity index (χ3n) is 3.64. The summed E-state index contributed by atoms with van der Waals surface area (Å²) in [6, 6.07) is 0. The highest BCUT2D eigenvalue weighted by Crippen LogP contribution is 2.35. The number of aromatic nitrogens is 2. The van der Waals surface area contributed by atoms with Crippen molar-refractivity contribution in [2.75, 3.05) is 5.73 Å². The van der Waals surface area contributed by atoms with E-state index in [4.69, 9.17) is 10.7 Å². The van der Waals surface area contributed by atoms with E-state index in [0.29, 0.717) is 5.92 Å². The standard InChI is InChI=1S/C13H23N3/c1-3-7-11-12(14)16(4-2)13(15-11)10-8-5-6-9-10/h10H,3-9,14H2,1-2H3. The van der Waals surface area contributed by atoms with Gasteiger partial charge in [0.25, 0.3) is 0 Å². The van der Waals surface area contributed by atoms with Gasteiger partial charge in [-0.15, -0.1) is 0 Å². The summed E-state index contributed by atoms with van der Waals surface area (Å²) in [6.07, 6.45) is 7.42. The van der Waals surface area contributed by atoms with Gasteiger partial charge in [-0.1, -0.05) is 26.2 Å². The molecule has 1 aliphatic rings. The number of nitrogens with zero attached hydrogens (tertiary/aromatic N) is 2. The Morgan fingerprint density at radius 1 is 1.31 bits per heavy atom. The van der Waals surface area contributed by atoms with Crippen LogP contribution in [-0.4, -0.2) is 9.55 Å². The zero-order valence-electron chi connectivity index (χ0n) is 10.5. The lowest BCUT2D eigenvalue weighted by Gasteiger charge is -2.11. The second-order valence-corrected chi connectivity index (χ2v) is 4.78. The topological polar surface area (TPSA) is 43.8 Å². The van der Waals surface area contributed by atoms with Crippen LogP contribution >= 0.6 is 0 Å². The molecular weight excluding hydrogens is 198 g/mol. The monoisotopic (exact) mass is 221 g/mol. The molecule has 0 saturated heterocycles. The number of imidazole rings is 1. The van der Waals surface area contributed by atoms with Gasteiger partial charge in [0.2, 0.25) is 0 Å². The van der Waals surface area contributed by atoms with Crippen LogP contribution in [0.3, 0.4) is 0 Å². The van der Waals surface area contributed by atoms with Gasteiger partial charge in [0.05, 0.1) is 5.69 Å². The van der Waals surface area contributed by atoms with Crippen molar-refractivity contribution in [1.82, 2.24) is 9.55 Å². The molecule has 1 aromatic rings. The molecule has 0 spiro atoms. The van der Waals surface area contributed by atoms with Crippen LogP contribution in [0, 0.1) is 0 Å². The largest absolute Gasteiger partial charge is 0.384 e. The maximum atomic E-state index is 6.17. The van der Waals surface area contributed by atoms with Gasteiger partial charge < -0.3 is 10.3 Å². The molecule has 1 aliphatic carbocycles. The molecule has 3 nitrogen and oxygen atoms in total. The number of aryl methyl sites for hydroxylation is 1. The minimum atomic E-state index is 0.660. The average molecular weight is 221 g/mol. The molecular formula is C13H23N3. The number of anilines is 1. The summed E-state index contributed by atoms with van der Waals surface area (Å²) in [4.78, 5) is 4.79. The molecule has 1 saturated carbocycles. The van der Waals surface area contributed by atoms with Gasteiger partial charge in [-0.3, -0.25) is 0 Å². The minimum absolute atomic E-state index is 0.660. The Bertz CT molecular complexity index is 348. The van der Waals surface area contributed by atoms with Crippen molar-refractivity contribution in [1.29, 1.82) is 0 Å². The Morgan fingerprint density at radius 3 is 2.56 bits per heavy atom. The predicted octanol–water partition coefficient (Wildman–Crippen LogP) is 3.10. The highest BCUT2D eigenvalue weighted by molar-refractivity contribution is 5.39. The molecule has 1 aromatic heterocycles. The molecule has 0 aromatic carbocycles. The summed E-state index contributed by atoms with van der Waals surface area (Å²) >= 11 is 0. The second kappa shape index (κ2) is 4.89. The van der Waals surface area contributed by atoms with Crippen molar-refractivity contribution in [3.8, 4) is 0 Å². The summed E-state index contributed by atoms with van der Waals surface area (Å²) in [5, 5.41) is 0. The molecule has 0 atom stereocenters. The summed E-state index contributed by atoms with van der Waals surface area (Å²) in [5.41, 5.74) is 7.29. The van der Waals surface area contributed by atoms with Crippen molar-refractivity contribution in [2.45, 2.75) is 64.8 Å². The molecule has 16 heavy (non-hydrogen) atoms. The van der Waals surface area contributed by atoms with Crippen LogP contribution < -0.4 is 5.73 Å². The molecule has 1 fully saturated rings. The smallest absolute Gasteiger partial charge is 0.126 e. The molecule has 90 valence electrons. The predicted molar refractivity (Wildman–Crippen MR) is 67.5 cm³/mol. The van der Waals surface area contributed by atoms with E-state index in [9.17, 15) is 0 Å². The zero-order chi connectivity index (χ0) is 11.5. The van der Waals surface area contributed by atoms with Gasteiger partial charge in [-0.25, -0.2) is 4.98 Å². The molecule has 2 rings (SSSR count). The van der Waals surface area contributed by atoms with E-state index in [-0.39, 0.29) is 0 Å². The van der Waals surface area contributed by atoms with Gasteiger partial charge in [0.15, 0.2) is 0 Å². The Labute approximate surface area is 98.1 Å². The fourth-order valence-corrected chi connectivity index (χ4v) is 2.78. The summed E-state index contributed by atoms with van der Waals surface area (Å²) in [7, 11) is 0. The summed E-state index contributed by atoms with van der Waals surface area (Å²) in [6.45, 7) is 5.29. The first-order valence-corrected chi connectivity index (χ1v) is 6.62. The molecule has 1 heterocycles. The van der Waals surface area contributed by atoms with Gasteiger partial charge >= 0.3 is 0 Å². The number of hydrogen-bond donors (Lipinski definition) is 1. The number of nitrogen functional groups attached to an aromatic ring is 1. The van der Waals surface area contributed by atoms with E-state index in [1.165, 1.54) is 31.5 Å². The van der Waals surface area contributed by atoms with Gasteiger partial charge in [0, 0.05) is 12.5 Å². The van der Waals surface area contributed by atoms with Crippen LogP contribution in [-0.2, 0) is 13.0 Å². The SMILES string of the molecule is CCCc1nc(C2CCCC2)n(CC)c1N. The lowest BCUT2D eigenvalue weighted by atomic mass is 10.1. The van der Waals surface area contributed by atoms with E-state index >= 15 is 0 Å². The summed E-state index contributed by atoms with van der Waals surface area (Å²) < 4.78 is 2.22. The van der Waals surface area contributed by atoms with E-state index in [1.54, 1.807) is 0 Å². The van der Waals surface area contributed by atoms with E-state index in [0.717, 1.165) is 30.9 Å². The molecule has 3 heteroatoms. The quantitative estimate of drug-likeness (QED) is 0.849. The molecule has 0 bridgehead atoms. The Balaban J connectivity index is 2.31. The highest BCUT2D eigenvalue weighted by Gasteiger charge is 2.24. The van der Waals surface area contributed by atoms with E-state index in [1.807, 2.05) is 0 Å². The van der Waals surface area contributed by atoms with Crippen molar-refractivity contribution in [2.24, 2.45) is 0 Å². The Morgan fingerprint density at radius 2 is 2.00 bits per heavy atom. The van der Waals surface area contributed by atoms with Gasteiger partial charge in [-0.2, -0.15) is 0 Å². The zero-order valence-corrected chi connectivity index (χ0v) is 10.5. The highest BCUT2D eigenvalue weighted by atomic mass is 15.1. The van der Waals surface area contributed by atoms with Crippen molar-refractivity contribution in [3.05, 3.63) is 11.5 Å². The number of hydrogen-bond acceptors (Lipinski definition) is 2. The molecule has 0 amide bonds. The van der Waals surface area contributed by atoms with Crippen molar-refractivity contribution in [3.63, 3.8) is 0 Å². The van der Waals surface area contributed by atoms with Crippen LogP contribution in [0.2, 0.25) is 0 Å². The van der Waals surface area contributed by atoms with Crippen LogP contribution in [0.15, 0.2) is 0 Å². The fourth-order valence-electron chi connectivity index (χ4n) is 2.78. The van der Waals surface area contributed by atoms with E-state index in [2.05, 4.69) is 18.4 Å². The molecule has 0 unspecified atom stereocenters. The van der Waals surface area contributed by atoms with Crippen molar-refractivity contribution >= 4 is 5.82 Å². The van der Waals surface area contributed by atoms with Crippen LogP contribution in [0.5, 0.6) is 0 Å². The average Bonchev–Trinajstić information content (AvgIpc) is 2.88. The normalized spacial score (nSPS) is 17.1. The number of nitrogens with two attached hydrogens (primary N) is 1.